The summed E-state index contributed by atoms with van der Waals surface area (Å²) in [6, 6.07) is 21.4. The van der Waals surface area contributed by atoms with Gasteiger partial charge in [-0.25, -0.2) is 0 Å². The molecule has 0 radical (unpaired) electrons. The summed E-state index contributed by atoms with van der Waals surface area (Å²) >= 11 is 6.03. The van der Waals surface area contributed by atoms with E-state index >= 15 is 0 Å². The highest BCUT2D eigenvalue weighted by atomic mass is 35.5. The van der Waals surface area contributed by atoms with Crippen molar-refractivity contribution in [3.63, 3.8) is 0 Å². The van der Waals surface area contributed by atoms with Crippen molar-refractivity contribution < 1.29 is 0 Å². The predicted octanol–water partition coefficient (Wildman–Crippen LogP) is 5.31. The lowest BCUT2D eigenvalue weighted by Gasteiger charge is -2.32. The van der Waals surface area contributed by atoms with E-state index in [-0.39, 0.29) is 18.4 Å². The van der Waals surface area contributed by atoms with E-state index in [2.05, 4.69) is 79.1 Å². The van der Waals surface area contributed by atoms with Crippen LogP contribution in [-0.4, -0.2) is 23.9 Å². The van der Waals surface area contributed by atoms with E-state index in [0.29, 0.717) is 5.88 Å². The fourth-order valence-corrected chi connectivity index (χ4v) is 2.86. The Morgan fingerprint density at radius 1 is 1.00 bits per heavy atom. The van der Waals surface area contributed by atoms with E-state index < -0.39 is 0 Å². The molecule has 118 valence electrons. The molecular weight excluding hydrogens is 313 g/mol. The standard InChI is InChI=1S/C19H22ClN.ClH/c1-16(2)15-21(14-13-20)19(17-9-5-3-6-10-17)18-11-7-4-8-12-18;/h3-12,19H,1,13-15H2,2H3;1H. The van der Waals surface area contributed by atoms with Gasteiger partial charge in [0.2, 0.25) is 0 Å². The summed E-state index contributed by atoms with van der Waals surface area (Å²) in [6.45, 7) is 7.81. The Morgan fingerprint density at radius 2 is 1.45 bits per heavy atom. The Labute approximate surface area is 145 Å². The first-order valence-corrected chi connectivity index (χ1v) is 7.80. The molecule has 0 fully saturated rings. The van der Waals surface area contributed by atoms with E-state index in [1.54, 1.807) is 0 Å². The Balaban J connectivity index is 0.00000242. The first kappa shape index (κ1) is 18.8. The molecular formula is C19H23Cl2N. The van der Waals surface area contributed by atoms with Crippen LogP contribution >= 0.6 is 24.0 Å². The average molecular weight is 336 g/mol. The average Bonchev–Trinajstić information content (AvgIpc) is 2.49. The normalized spacial score (nSPS) is 10.5. The molecule has 0 bridgehead atoms. The third-order valence-corrected chi connectivity index (χ3v) is 3.61. The molecule has 0 aliphatic rings. The molecule has 1 nitrogen and oxygen atoms in total. The van der Waals surface area contributed by atoms with Crippen molar-refractivity contribution in [2.45, 2.75) is 13.0 Å². The highest BCUT2D eigenvalue weighted by molar-refractivity contribution is 6.18. The molecule has 0 atom stereocenters. The van der Waals surface area contributed by atoms with Gasteiger partial charge < -0.3 is 0 Å². The summed E-state index contributed by atoms with van der Waals surface area (Å²) in [6.07, 6.45) is 0. The molecule has 3 heteroatoms. The molecule has 0 saturated carbocycles. The molecule has 22 heavy (non-hydrogen) atoms. The zero-order chi connectivity index (χ0) is 15.1. The minimum absolute atomic E-state index is 0. The molecule has 2 aromatic carbocycles. The van der Waals surface area contributed by atoms with Crippen LogP contribution in [0.2, 0.25) is 0 Å². The van der Waals surface area contributed by atoms with Gasteiger partial charge in [0.15, 0.2) is 0 Å². The SMILES string of the molecule is C=C(C)CN(CCCl)C(c1ccccc1)c1ccccc1.Cl. The van der Waals surface area contributed by atoms with E-state index in [1.807, 2.05) is 0 Å². The van der Waals surface area contributed by atoms with Crippen molar-refractivity contribution in [1.82, 2.24) is 4.90 Å². The first-order valence-electron chi connectivity index (χ1n) is 7.26. The molecule has 0 aliphatic carbocycles. The van der Waals surface area contributed by atoms with E-state index in [4.69, 9.17) is 11.6 Å². The summed E-state index contributed by atoms with van der Waals surface area (Å²) in [5.74, 6) is 0.615. The lowest BCUT2D eigenvalue weighted by atomic mass is 9.96. The second-order valence-electron chi connectivity index (χ2n) is 5.34. The van der Waals surface area contributed by atoms with Crippen molar-refractivity contribution in [3.05, 3.63) is 83.9 Å². The largest absolute Gasteiger partial charge is 0.287 e. The number of rotatable bonds is 7. The van der Waals surface area contributed by atoms with Gasteiger partial charge in [0.05, 0.1) is 6.04 Å². The number of hydrogen-bond acceptors (Lipinski definition) is 1. The van der Waals surface area contributed by atoms with Gasteiger partial charge in [0, 0.05) is 19.0 Å². The second kappa shape index (κ2) is 9.68. The zero-order valence-electron chi connectivity index (χ0n) is 12.9. The maximum Gasteiger partial charge on any atom is 0.0604 e. The highest BCUT2D eigenvalue weighted by Gasteiger charge is 2.21. The van der Waals surface area contributed by atoms with Gasteiger partial charge in [-0.05, 0) is 18.1 Å². The van der Waals surface area contributed by atoms with E-state index in [9.17, 15) is 0 Å². The highest BCUT2D eigenvalue weighted by Crippen LogP contribution is 2.29. The quantitative estimate of drug-likeness (QED) is 0.489. The van der Waals surface area contributed by atoms with Crippen LogP contribution in [0.25, 0.3) is 0 Å². The monoisotopic (exact) mass is 335 g/mol. The second-order valence-corrected chi connectivity index (χ2v) is 5.72. The van der Waals surface area contributed by atoms with Crippen LogP contribution in [0.1, 0.15) is 24.1 Å². The van der Waals surface area contributed by atoms with Crippen molar-refractivity contribution in [2.24, 2.45) is 0 Å². The van der Waals surface area contributed by atoms with Gasteiger partial charge in [-0.2, -0.15) is 0 Å². The molecule has 0 amide bonds. The molecule has 2 rings (SSSR count). The van der Waals surface area contributed by atoms with E-state index in [0.717, 1.165) is 18.7 Å². The maximum absolute atomic E-state index is 6.03. The van der Waals surface area contributed by atoms with E-state index in [1.165, 1.54) is 11.1 Å². The Hall–Kier alpha value is -1.28. The smallest absolute Gasteiger partial charge is 0.0604 e. The van der Waals surface area contributed by atoms with Crippen molar-refractivity contribution in [1.29, 1.82) is 0 Å². The minimum atomic E-state index is 0. The van der Waals surface area contributed by atoms with Gasteiger partial charge in [0.25, 0.3) is 0 Å². The fraction of sp³-hybridized carbons (Fsp3) is 0.263. The van der Waals surface area contributed by atoms with Gasteiger partial charge in [-0.1, -0.05) is 72.8 Å². The predicted molar refractivity (Wildman–Crippen MR) is 99.1 cm³/mol. The van der Waals surface area contributed by atoms with Crippen LogP contribution in [0.15, 0.2) is 72.8 Å². The summed E-state index contributed by atoms with van der Waals surface area (Å²) in [4.78, 5) is 2.39. The number of hydrogen-bond donors (Lipinski definition) is 0. The topological polar surface area (TPSA) is 3.24 Å². The van der Waals surface area contributed by atoms with Crippen LogP contribution in [0.3, 0.4) is 0 Å². The lowest BCUT2D eigenvalue weighted by molar-refractivity contribution is 0.260. The maximum atomic E-state index is 6.03. The molecule has 0 aliphatic heterocycles. The Bertz CT molecular complexity index is 515. The molecule has 0 heterocycles. The Kier molecular flexibility index (Phi) is 8.26. The summed E-state index contributed by atoms with van der Waals surface area (Å²) in [5, 5.41) is 0. The van der Waals surface area contributed by atoms with Gasteiger partial charge >= 0.3 is 0 Å². The zero-order valence-corrected chi connectivity index (χ0v) is 14.5. The summed E-state index contributed by atoms with van der Waals surface area (Å²) in [5.41, 5.74) is 3.72. The molecule has 0 unspecified atom stereocenters. The van der Waals surface area contributed by atoms with Crippen molar-refractivity contribution in [3.8, 4) is 0 Å². The van der Waals surface area contributed by atoms with Gasteiger partial charge in [-0.15, -0.1) is 24.0 Å². The van der Waals surface area contributed by atoms with Crippen LogP contribution < -0.4 is 0 Å². The molecule has 2 aromatic rings. The molecule has 0 saturated heterocycles. The summed E-state index contributed by atoms with van der Waals surface area (Å²) in [7, 11) is 0. The number of benzene rings is 2. The third-order valence-electron chi connectivity index (χ3n) is 3.44. The third kappa shape index (κ3) is 5.17. The van der Waals surface area contributed by atoms with Crippen molar-refractivity contribution >= 4 is 24.0 Å². The minimum Gasteiger partial charge on any atom is -0.287 e. The number of halogens is 2. The Morgan fingerprint density at radius 3 is 1.82 bits per heavy atom. The van der Waals surface area contributed by atoms with Crippen LogP contribution in [0, 0.1) is 0 Å². The van der Waals surface area contributed by atoms with Gasteiger partial charge in [0.1, 0.15) is 0 Å². The molecule has 0 N–H and O–H groups in total. The summed E-state index contributed by atoms with van der Waals surface area (Å²) < 4.78 is 0. The van der Waals surface area contributed by atoms with Crippen LogP contribution in [-0.2, 0) is 0 Å². The molecule has 0 aromatic heterocycles. The van der Waals surface area contributed by atoms with Crippen molar-refractivity contribution in [2.75, 3.05) is 19.0 Å². The molecule has 0 spiro atoms. The fourth-order valence-electron chi connectivity index (χ4n) is 2.64. The van der Waals surface area contributed by atoms with Crippen LogP contribution in [0.5, 0.6) is 0 Å². The number of alkyl halides is 1. The van der Waals surface area contributed by atoms with Crippen LogP contribution in [0.4, 0.5) is 0 Å². The van der Waals surface area contributed by atoms with Gasteiger partial charge in [-0.3, -0.25) is 4.90 Å². The first-order chi connectivity index (χ1) is 10.2. The number of nitrogens with zero attached hydrogens (tertiary/aromatic N) is 1. The lowest BCUT2D eigenvalue weighted by Crippen LogP contribution is -2.32.